The van der Waals surface area contributed by atoms with E-state index in [0.717, 1.165) is 18.7 Å². The van der Waals surface area contributed by atoms with E-state index >= 15 is 0 Å². The van der Waals surface area contributed by atoms with Gasteiger partial charge in [0.25, 0.3) is 0 Å². The highest BCUT2D eigenvalue weighted by atomic mass is 16.3. The van der Waals surface area contributed by atoms with E-state index in [0.29, 0.717) is 6.04 Å². The van der Waals surface area contributed by atoms with E-state index in [-0.39, 0.29) is 11.5 Å². The molecular weight excluding hydrogens is 250 g/mol. The second-order valence-corrected chi connectivity index (χ2v) is 6.12. The summed E-state index contributed by atoms with van der Waals surface area (Å²) in [6.07, 6.45) is 4.38. The maximum Gasteiger partial charge on any atom is 0.0645 e. The van der Waals surface area contributed by atoms with Gasteiger partial charge in [0, 0.05) is 30.4 Å². The topological polar surface area (TPSA) is 50.1 Å². The first-order valence-electron chi connectivity index (χ1n) is 7.08. The molecule has 1 aromatic carbocycles. The standard InChI is InChI=1S/C16H21N3O/c1-16(2)14(10-15(16)20)17-11-12-4-6-13(7-5-12)19-9-3-8-18-19/h3-9,14-15,17,20H,10-11H2,1-2H3. The minimum absolute atomic E-state index is 0.0188. The van der Waals surface area contributed by atoms with Gasteiger partial charge in [-0.05, 0) is 30.2 Å². The molecule has 1 aromatic heterocycles. The van der Waals surface area contributed by atoms with Crippen LogP contribution < -0.4 is 5.32 Å². The molecule has 4 heteroatoms. The molecular formula is C16H21N3O. The Morgan fingerprint density at radius 2 is 2.10 bits per heavy atom. The van der Waals surface area contributed by atoms with Gasteiger partial charge in [-0.25, -0.2) is 4.68 Å². The minimum atomic E-state index is -0.179. The molecule has 1 heterocycles. The Morgan fingerprint density at radius 1 is 1.35 bits per heavy atom. The predicted molar refractivity (Wildman–Crippen MR) is 78.6 cm³/mol. The zero-order chi connectivity index (χ0) is 14.2. The van der Waals surface area contributed by atoms with E-state index in [1.54, 1.807) is 6.20 Å². The van der Waals surface area contributed by atoms with E-state index in [2.05, 4.69) is 48.5 Å². The van der Waals surface area contributed by atoms with Gasteiger partial charge in [-0.3, -0.25) is 0 Å². The molecule has 1 saturated carbocycles. The molecule has 0 bridgehead atoms. The molecule has 4 nitrogen and oxygen atoms in total. The Labute approximate surface area is 119 Å². The second-order valence-electron chi connectivity index (χ2n) is 6.12. The number of aliphatic hydroxyl groups excluding tert-OH is 1. The molecule has 0 saturated heterocycles. The van der Waals surface area contributed by atoms with Crippen molar-refractivity contribution in [2.75, 3.05) is 0 Å². The number of nitrogens with zero attached hydrogens (tertiary/aromatic N) is 2. The summed E-state index contributed by atoms with van der Waals surface area (Å²) in [5, 5.41) is 17.5. The fraction of sp³-hybridized carbons (Fsp3) is 0.438. The van der Waals surface area contributed by atoms with Gasteiger partial charge in [-0.15, -0.1) is 0 Å². The third-order valence-corrected chi connectivity index (χ3v) is 4.47. The summed E-state index contributed by atoms with van der Waals surface area (Å²) in [5.74, 6) is 0. The molecule has 0 amide bonds. The van der Waals surface area contributed by atoms with Crippen molar-refractivity contribution in [2.24, 2.45) is 5.41 Å². The van der Waals surface area contributed by atoms with Gasteiger partial charge in [-0.1, -0.05) is 26.0 Å². The van der Waals surface area contributed by atoms with Crippen molar-refractivity contribution in [1.29, 1.82) is 0 Å². The first-order chi connectivity index (χ1) is 9.57. The van der Waals surface area contributed by atoms with Crippen molar-refractivity contribution in [3.05, 3.63) is 48.3 Å². The Hall–Kier alpha value is -1.65. The molecule has 3 rings (SSSR count). The lowest BCUT2D eigenvalue weighted by atomic mass is 9.64. The van der Waals surface area contributed by atoms with Crippen molar-refractivity contribution in [3.63, 3.8) is 0 Å². The molecule has 2 aromatic rings. The molecule has 0 aliphatic heterocycles. The fourth-order valence-electron chi connectivity index (χ4n) is 2.68. The lowest BCUT2D eigenvalue weighted by Crippen LogP contribution is -2.59. The molecule has 1 aliphatic carbocycles. The highest BCUT2D eigenvalue weighted by molar-refractivity contribution is 5.33. The van der Waals surface area contributed by atoms with Crippen LogP contribution >= 0.6 is 0 Å². The molecule has 0 spiro atoms. The number of aliphatic hydroxyl groups is 1. The van der Waals surface area contributed by atoms with Crippen molar-refractivity contribution in [3.8, 4) is 5.69 Å². The Kier molecular flexibility index (Phi) is 3.36. The normalized spacial score (nSPS) is 24.4. The first kappa shape index (κ1) is 13.3. The Balaban J connectivity index is 1.59. The van der Waals surface area contributed by atoms with Crippen molar-refractivity contribution in [1.82, 2.24) is 15.1 Å². The van der Waals surface area contributed by atoms with Crippen LogP contribution in [0.4, 0.5) is 0 Å². The van der Waals surface area contributed by atoms with E-state index in [4.69, 9.17) is 0 Å². The van der Waals surface area contributed by atoms with Gasteiger partial charge in [0.2, 0.25) is 0 Å². The third-order valence-electron chi connectivity index (χ3n) is 4.47. The van der Waals surface area contributed by atoms with Gasteiger partial charge < -0.3 is 10.4 Å². The van der Waals surface area contributed by atoms with Gasteiger partial charge in [0.15, 0.2) is 0 Å². The van der Waals surface area contributed by atoms with E-state index in [1.807, 2.05) is 16.9 Å². The number of benzene rings is 1. The van der Waals surface area contributed by atoms with Crippen LogP contribution in [0.5, 0.6) is 0 Å². The number of hydrogen-bond acceptors (Lipinski definition) is 3. The third kappa shape index (κ3) is 2.37. The largest absolute Gasteiger partial charge is 0.392 e. The summed E-state index contributed by atoms with van der Waals surface area (Å²) in [7, 11) is 0. The van der Waals surface area contributed by atoms with Crippen LogP contribution in [0.15, 0.2) is 42.7 Å². The van der Waals surface area contributed by atoms with Gasteiger partial charge in [-0.2, -0.15) is 5.10 Å². The lowest BCUT2D eigenvalue weighted by molar-refractivity contribution is -0.0729. The monoisotopic (exact) mass is 271 g/mol. The van der Waals surface area contributed by atoms with Crippen molar-refractivity contribution >= 4 is 0 Å². The highest BCUT2D eigenvalue weighted by Crippen LogP contribution is 2.40. The van der Waals surface area contributed by atoms with Crippen LogP contribution in [-0.4, -0.2) is 27.0 Å². The van der Waals surface area contributed by atoms with Crippen LogP contribution in [0.25, 0.3) is 5.69 Å². The smallest absolute Gasteiger partial charge is 0.0645 e. The van der Waals surface area contributed by atoms with Gasteiger partial charge >= 0.3 is 0 Å². The SMILES string of the molecule is CC1(C)C(O)CC1NCc1ccc(-n2cccn2)cc1. The quantitative estimate of drug-likeness (QED) is 0.895. The van der Waals surface area contributed by atoms with Gasteiger partial charge in [0.1, 0.15) is 0 Å². The summed E-state index contributed by atoms with van der Waals surface area (Å²) < 4.78 is 1.85. The molecule has 20 heavy (non-hydrogen) atoms. The van der Waals surface area contributed by atoms with E-state index < -0.39 is 0 Å². The van der Waals surface area contributed by atoms with Crippen LogP contribution in [0, 0.1) is 5.41 Å². The second kappa shape index (κ2) is 5.04. The number of aromatic nitrogens is 2. The fourth-order valence-corrected chi connectivity index (χ4v) is 2.68. The highest BCUT2D eigenvalue weighted by Gasteiger charge is 2.46. The maximum atomic E-state index is 9.74. The Morgan fingerprint density at radius 3 is 2.65 bits per heavy atom. The van der Waals surface area contributed by atoms with E-state index in [1.165, 1.54) is 5.56 Å². The molecule has 2 atom stereocenters. The van der Waals surface area contributed by atoms with Crippen LogP contribution in [0.1, 0.15) is 25.8 Å². The Bertz CT molecular complexity index is 560. The van der Waals surface area contributed by atoms with Crippen molar-refractivity contribution in [2.45, 2.75) is 39.0 Å². The summed E-state index contributed by atoms with van der Waals surface area (Å²) in [4.78, 5) is 0. The average molecular weight is 271 g/mol. The van der Waals surface area contributed by atoms with Crippen molar-refractivity contribution < 1.29 is 5.11 Å². The number of hydrogen-bond donors (Lipinski definition) is 2. The predicted octanol–water partition coefficient (Wildman–Crippen LogP) is 2.12. The average Bonchev–Trinajstić information content (AvgIpc) is 2.98. The van der Waals surface area contributed by atoms with E-state index in [9.17, 15) is 5.11 Å². The van der Waals surface area contributed by atoms with Crippen LogP contribution in [-0.2, 0) is 6.54 Å². The van der Waals surface area contributed by atoms with Gasteiger partial charge in [0.05, 0.1) is 11.8 Å². The molecule has 0 radical (unpaired) electrons. The molecule has 1 fully saturated rings. The summed E-state index contributed by atoms with van der Waals surface area (Å²) >= 11 is 0. The zero-order valence-corrected chi connectivity index (χ0v) is 12.0. The first-order valence-corrected chi connectivity index (χ1v) is 7.08. The molecule has 1 aliphatic rings. The van der Waals surface area contributed by atoms with Crippen LogP contribution in [0.3, 0.4) is 0 Å². The lowest BCUT2D eigenvalue weighted by Gasteiger charge is -2.49. The summed E-state index contributed by atoms with van der Waals surface area (Å²) in [5.41, 5.74) is 2.30. The molecule has 2 unspecified atom stereocenters. The number of nitrogens with one attached hydrogen (secondary N) is 1. The van der Waals surface area contributed by atoms with Crippen LogP contribution in [0.2, 0.25) is 0 Å². The summed E-state index contributed by atoms with van der Waals surface area (Å²) in [6, 6.07) is 10.7. The maximum absolute atomic E-state index is 9.74. The number of rotatable bonds is 4. The molecule has 2 N–H and O–H groups in total. The summed E-state index contributed by atoms with van der Waals surface area (Å²) in [6.45, 7) is 5.06. The molecule has 106 valence electrons. The minimum Gasteiger partial charge on any atom is -0.392 e. The zero-order valence-electron chi connectivity index (χ0n) is 12.0.